The summed E-state index contributed by atoms with van der Waals surface area (Å²) < 4.78 is 29.5. The lowest BCUT2D eigenvalue weighted by molar-refractivity contribution is 0.559. The molecule has 0 amide bonds. The van der Waals surface area contributed by atoms with Gasteiger partial charge in [-0.3, -0.25) is 4.40 Å². The highest BCUT2D eigenvalue weighted by Crippen LogP contribution is 2.29. The fourth-order valence-corrected chi connectivity index (χ4v) is 2.18. The van der Waals surface area contributed by atoms with Crippen LogP contribution in [-0.4, -0.2) is 9.38 Å². The zero-order valence-corrected chi connectivity index (χ0v) is 11.8. The Kier molecular flexibility index (Phi) is 3.95. The van der Waals surface area contributed by atoms with Crippen LogP contribution in [0, 0.1) is 0 Å². The molecule has 0 saturated carbocycles. The summed E-state index contributed by atoms with van der Waals surface area (Å²) in [5, 5.41) is 0. The van der Waals surface area contributed by atoms with Crippen molar-refractivity contribution in [1.82, 2.24) is 9.38 Å². The van der Waals surface area contributed by atoms with Crippen molar-refractivity contribution in [2.45, 2.75) is 6.92 Å². The predicted molar refractivity (Wildman–Crippen MR) is 76.0 cm³/mol. The maximum Gasteiger partial charge on any atom is 0.165 e. The highest BCUT2D eigenvalue weighted by Gasteiger charge is 2.16. The molecule has 0 aliphatic carbocycles. The van der Waals surface area contributed by atoms with Crippen LogP contribution >= 0.6 is 15.9 Å². The van der Waals surface area contributed by atoms with Gasteiger partial charge in [0.1, 0.15) is 11.7 Å². The van der Waals surface area contributed by atoms with E-state index in [9.17, 15) is 8.78 Å². The third kappa shape index (κ3) is 2.51. The third-order valence-corrected chi connectivity index (χ3v) is 3.25. The van der Waals surface area contributed by atoms with Gasteiger partial charge in [0.15, 0.2) is 5.83 Å². The SMILES string of the molecule is C=C/C=C(\C(F)=C(/C)F)c1ncc2c(Br)cccn12. The number of pyridine rings is 1. The Morgan fingerprint density at radius 1 is 1.47 bits per heavy atom. The molecular weight excluding hydrogens is 314 g/mol. The van der Waals surface area contributed by atoms with Gasteiger partial charge < -0.3 is 0 Å². The zero-order chi connectivity index (χ0) is 14.0. The molecule has 0 spiro atoms. The predicted octanol–water partition coefficient (Wildman–Crippen LogP) is 4.84. The molecule has 0 atom stereocenters. The van der Waals surface area contributed by atoms with Gasteiger partial charge >= 0.3 is 0 Å². The van der Waals surface area contributed by atoms with E-state index in [0.29, 0.717) is 5.82 Å². The van der Waals surface area contributed by atoms with E-state index in [0.717, 1.165) is 16.9 Å². The second kappa shape index (κ2) is 5.48. The average molecular weight is 325 g/mol. The van der Waals surface area contributed by atoms with Gasteiger partial charge in [-0.15, -0.1) is 0 Å². The molecule has 2 aromatic rings. The van der Waals surface area contributed by atoms with E-state index in [4.69, 9.17) is 0 Å². The number of halogens is 3. The first-order valence-electron chi connectivity index (χ1n) is 5.53. The fraction of sp³-hybridized carbons (Fsp3) is 0.0714. The van der Waals surface area contributed by atoms with Crippen molar-refractivity contribution in [2.24, 2.45) is 0 Å². The van der Waals surface area contributed by atoms with E-state index < -0.39 is 11.7 Å². The Labute approximate surface area is 117 Å². The normalized spacial score (nSPS) is 13.6. The van der Waals surface area contributed by atoms with Crippen LogP contribution in [0.4, 0.5) is 8.78 Å². The van der Waals surface area contributed by atoms with Crippen molar-refractivity contribution in [3.63, 3.8) is 0 Å². The maximum absolute atomic E-state index is 13.9. The van der Waals surface area contributed by atoms with Gasteiger partial charge in [0, 0.05) is 10.7 Å². The van der Waals surface area contributed by atoms with E-state index in [1.165, 1.54) is 12.2 Å². The van der Waals surface area contributed by atoms with Crippen LogP contribution in [0.3, 0.4) is 0 Å². The Hall–Kier alpha value is -1.75. The van der Waals surface area contributed by atoms with Gasteiger partial charge in [-0.2, -0.15) is 0 Å². The largest absolute Gasteiger partial charge is 0.299 e. The molecule has 0 bridgehead atoms. The monoisotopic (exact) mass is 324 g/mol. The summed E-state index contributed by atoms with van der Waals surface area (Å²) in [6.07, 6.45) is 6.13. The summed E-state index contributed by atoms with van der Waals surface area (Å²) >= 11 is 3.38. The standard InChI is InChI=1S/C14H11BrF2N2/c1-3-5-10(13(17)9(2)16)14-18-8-12-11(15)6-4-7-19(12)14/h3-8H,1H2,2H3/b10-5+,13-9-. The number of rotatable bonds is 3. The van der Waals surface area contributed by atoms with Gasteiger partial charge in [-0.05, 0) is 41.1 Å². The Morgan fingerprint density at radius 2 is 2.21 bits per heavy atom. The summed E-state index contributed by atoms with van der Waals surface area (Å²) in [7, 11) is 0. The minimum absolute atomic E-state index is 0.0631. The number of imidazole rings is 1. The van der Waals surface area contributed by atoms with E-state index >= 15 is 0 Å². The lowest BCUT2D eigenvalue weighted by atomic mass is 10.2. The van der Waals surface area contributed by atoms with Gasteiger partial charge in [0.25, 0.3) is 0 Å². The van der Waals surface area contributed by atoms with Crippen LogP contribution in [0.25, 0.3) is 11.1 Å². The van der Waals surface area contributed by atoms with Gasteiger partial charge in [0.2, 0.25) is 0 Å². The minimum atomic E-state index is -0.938. The van der Waals surface area contributed by atoms with Crippen molar-refractivity contribution in [1.29, 1.82) is 0 Å². The number of allylic oxidation sites excluding steroid dienone is 5. The summed E-state index contributed by atoms with van der Waals surface area (Å²) in [4.78, 5) is 4.15. The van der Waals surface area contributed by atoms with E-state index in [1.807, 2.05) is 6.07 Å². The number of fused-ring (bicyclic) bond motifs is 1. The zero-order valence-electron chi connectivity index (χ0n) is 10.2. The van der Waals surface area contributed by atoms with Gasteiger partial charge in [-0.1, -0.05) is 12.7 Å². The smallest absolute Gasteiger partial charge is 0.165 e. The van der Waals surface area contributed by atoms with E-state index in [2.05, 4.69) is 27.5 Å². The van der Waals surface area contributed by atoms with Crippen molar-refractivity contribution < 1.29 is 8.78 Å². The lowest BCUT2D eigenvalue weighted by Gasteiger charge is -2.05. The van der Waals surface area contributed by atoms with Crippen LogP contribution in [0.15, 0.2) is 59.4 Å². The topological polar surface area (TPSA) is 17.3 Å². The highest BCUT2D eigenvalue weighted by molar-refractivity contribution is 9.10. The van der Waals surface area contributed by atoms with Crippen LogP contribution in [0.5, 0.6) is 0 Å². The molecule has 5 heteroatoms. The molecule has 2 nitrogen and oxygen atoms in total. The highest BCUT2D eigenvalue weighted by atomic mass is 79.9. The van der Waals surface area contributed by atoms with E-state index in [1.54, 1.807) is 22.9 Å². The molecule has 0 aliphatic rings. The van der Waals surface area contributed by atoms with Gasteiger partial charge in [-0.25, -0.2) is 13.8 Å². The Balaban J connectivity index is 2.72. The first kappa shape index (κ1) is 13.7. The Bertz CT molecular complexity index is 695. The second-order valence-corrected chi connectivity index (χ2v) is 4.71. The molecule has 0 fully saturated rings. The molecule has 0 unspecified atom stereocenters. The quantitative estimate of drug-likeness (QED) is 0.739. The summed E-state index contributed by atoms with van der Waals surface area (Å²) in [5.41, 5.74) is 0.838. The average Bonchev–Trinajstić information content (AvgIpc) is 2.80. The molecule has 2 aromatic heterocycles. The molecule has 0 radical (unpaired) electrons. The fourth-order valence-electron chi connectivity index (χ4n) is 1.74. The summed E-state index contributed by atoms with van der Waals surface area (Å²) in [5.74, 6) is -1.50. The number of hydrogen-bond acceptors (Lipinski definition) is 1. The second-order valence-electron chi connectivity index (χ2n) is 3.86. The van der Waals surface area contributed by atoms with E-state index in [-0.39, 0.29) is 5.57 Å². The minimum Gasteiger partial charge on any atom is -0.299 e. The first-order valence-corrected chi connectivity index (χ1v) is 6.32. The number of aromatic nitrogens is 2. The van der Waals surface area contributed by atoms with Crippen LogP contribution in [-0.2, 0) is 0 Å². The van der Waals surface area contributed by atoms with Crippen molar-refractivity contribution in [3.05, 3.63) is 65.2 Å². The van der Waals surface area contributed by atoms with Crippen molar-refractivity contribution >= 4 is 27.0 Å². The summed E-state index contributed by atoms with van der Waals surface area (Å²) in [6.45, 7) is 4.58. The van der Waals surface area contributed by atoms with Crippen molar-refractivity contribution in [3.8, 4) is 0 Å². The summed E-state index contributed by atoms with van der Waals surface area (Å²) in [6, 6.07) is 3.64. The molecule has 0 N–H and O–H groups in total. The lowest BCUT2D eigenvalue weighted by Crippen LogP contribution is -1.96. The van der Waals surface area contributed by atoms with Crippen molar-refractivity contribution in [2.75, 3.05) is 0 Å². The molecule has 0 aromatic carbocycles. The molecular formula is C14H11BrF2N2. The molecule has 98 valence electrons. The third-order valence-electron chi connectivity index (χ3n) is 2.58. The first-order chi connectivity index (χ1) is 9.06. The number of nitrogens with zero attached hydrogens (tertiary/aromatic N) is 2. The van der Waals surface area contributed by atoms with Crippen LogP contribution in [0.2, 0.25) is 0 Å². The molecule has 2 rings (SSSR count). The number of hydrogen-bond donors (Lipinski definition) is 0. The van der Waals surface area contributed by atoms with Crippen LogP contribution in [0.1, 0.15) is 12.7 Å². The van der Waals surface area contributed by atoms with Crippen LogP contribution < -0.4 is 0 Å². The molecule has 0 aliphatic heterocycles. The molecule has 19 heavy (non-hydrogen) atoms. The Morgan fingerprint density at radius 3 is 2.84 bits per heavy atom. The maximum atomic E-state index is 13.9. The van der Waals surface area contributed by atoms with Gasteiger partial charge in [0.05, 0.1) is 17.3 Å². The molecule has 0 saturated heterocycles. The molecule has 2 heterocycles.